The van der Waals surface area contributed by atoms with E-state index < -0.39 is 11.4 Å². The number of hydrogen-bond donors (Lipinski definition) is 1. The number of amides is 2. The monoisotopic (exact) mass is 463 g/mol. The van der Waals surface area contributed by atoms with Gasteiger partial charge >= 0.3 is 0 Å². The number of anilines is 1. The van der Waals surface area contributed by atoms with Crippen LogP contribution in [0.5, 0.6) is 0 Å². The first kappa shape index (κ1) is 23.3. The second kappa shape index (κ2) is 9.96. The Labute approximate surface area is 196 Å². The van der Waals surface area contributed by atoms with Gasteiger partial charge in [-0.2, -0.15) is 9.78 Å². The topological polar surface area (TPSA) is 87.5 Å². The van der Waals surface area contributed by atoms with Gasteiger partial charge in [-0.25, -0.2) is 4.39 Å². The van der Waals surface area contributed by atoms with Crippen LogP contribution in [0.1, 0.15) is 21.6 Å². The molecule has 0 spiro atoms. The summed E-state index contributed by atoms with van der Waals surface area (Å²) >= 11 is 0. The van der Waals surface area contributed by atoms with Gasteiger partial charge in [0.15, 0.2) is 0 Å². The third-order valence-electron chi connectivity index (χ3n) is 5.86. The third kappa shape index (κ3) is 5.20. The van der Waals surface area contributed by atoms with Gasteiger partial charge in [0, 0.05) is 37.9 Å². The maximum absolute atomic E-state index is 13.2. The van der Waals surface area contributed by atoms with Gasteiger partial charge in [0.05, 0.1) is 12.2 Å². The van der Waals surface area contributed by atoms with Crippen molar-refractivity contribution < 1.29 is 14.0 Å². The van der Waals surface area contributed by atoms with Crippen molar-refractivity contribution in [1.82, 2.24) is 19.6 Å². The average Bonchev–Trinajstić information content (AvgIpc) is 2.82. The van der Waals surface area contributed by atoms with Crippen molar-refractivity contribution in [3.8, 4) is 5.69 Å². The molecule has 0 radical (unpaired) electrons. The van der Waals surface area contributed by atoms with Gasteiger partial charge in [0.2, 0.25) is 5.91 Å². The van der Waals surface area contributed by atoms with Crippen molar-refractivity contribution in [3.05, 3.63) is 87.6 Å². The lowest BCUT2D eigenvalue weighted by atomic mass is 10.1. The van der Waals surface area contributed by atoms with Crippen molar-refractivity contribution in [2.24, 2.45) is 0 Å². The Hall–Kier alpha value is -3.85. The van der Waals surface area contributed by atoms with E-state index in [1.165, 1.54) is 36.4 Å². The van der Waals surface area contributed by atoms with E-state index in [1.807, 2.05) is 36.9 Å². The number of benzene rings is 2. The van der Waals surface area contributed by atoms with Gasteiger partial charge < -0.3 is 10.2 Å². The molecule has 0 unspecified atom stereocenters. The summed E-state index contributed by atoms with van der Waals surface area (Å²) in [6.07, 6.45) is 0. The van der Waals surface area contributed by atoms with Crippen LogP contribution in [0.2, 0.25) is 0 Å². The molecular formula is C25H26FN5O3. The molecule has 2 amide bonds. The number of para-hydroxylation sites is 1. The van der Waals surface area contributed by atoms with Crippen LogP contribution in [-0.2, 0) is 4.79 Å². The largest absolute Gasteiger partial charge is 0.335 e. The summed E-state index contributed by atoms with van der Waals surface area (Å²) in [5, 5.41) is 7.18. The number of aromatic nitrogens is 2. The van der Waals surface area contributed by atoms with Crippen molar-refractivity contribution in [3.63, 3.8) is 0 Å². The van der Waals surface area contributed by atoms with Gasteiger partial charge in [-0.15, -0.1) is 0 Å². The van der Waals surface area contributed by atoms with Crippen LogP contribution in [-0.4, -0.2) is 64.1 Å². The number of nitrogens with one attached hydrogen (secondary N) is 1. The van der Waals surface area contributed by atoms with Crippen molar-refractivity contribution in [1.29, 1.82) is 0 Å². The SMILES string of the molecule is Cc1cccc(C)c1NC(=O)CN1CCN(C(=O)c2ccc(=O)n(-c3ccc(F)cc3)n2)CC1. The van der Waals surface area contributed by atoms with E-state index in [0.29, 0.717) is 31.9 Å². The lowest BCUT2D eigenvalue weighted by molar-refractivity contribution is -0.117. The molecule has 8 nitrogen and oxygen atoms in total. The van der Waals surface area contributed by atoms with Crippen LogP contribution >= 0.6 is 0 Å². The standard InChI is InChI=1S/C25H26FN5O3/c1-17-4-3-5-18(2)24(17)27-22(32)16-29-12-14-30(15-13-29)25(34)21-10-11-23(33)31(28-21)20-8-6-19(26)7-9-20/h3-11H,12-16H2,1-2H3,(H,27,32). The highest BCUT2D eigenvalue weighted by molar-refractivity contribution is 5.94. The molecule has 1 aromatic heterocycles. The molecule has 1 aliphatic heterocycles. The van der Waals surface area contributed by atoms with E-state index in [-0.39, 0.29) is 24.1 Å². The molecule has 4 rings (SSSR count). The summed E-state index contributed by atoms with van der Waals surface area (Å²) in [4.78, 5) is 41.4. The molecule has 0 bridgehead atoms. The normalized spacial score (nSPS) is 14.1. The summed E-state index contributed by atoms with van der Waals surface area (Å²) in [5.74, 6) is -0.815. The first-order chi connectivity index (χ1) is 16.3. The van der Waals surface area contributed by atoms with Gasteiger partial charge in [0.1, 0.15) is 11.5 Å². The highest BCUT2D eigenvalue weighted by Crippen LogP contribution is 2.19. The number of piperazine rings is 1. The summed E-state index contributed by atoms with van der Waals surface area (Å²) in [6, 6.07) is 13.9. The van der Waals surface area contributed by atoms with Crippen LogP contribution < -0.4 is 10.9 Å². The van der Waals surface area contributed by atoms with E-state index in [1.54, 1.807) is 4.90 Å². The second-order valence-corrected chi connectivity index (χ2v) is 8.33. The number of carbonyl (C=O) groups excluding carboxylic acids is 2. The first-order valence-corrected chi connectivity index (χ1v) is 11.1. The Morgan fingerprint density at radius 3 is 2.24 bits per heavy atom. The van der Waals surface area contributed by atoms with Crippen molar-refractivity contribution >= 4 is 17.5 Å². The molecule has 176 valence electrons. The summed E-state index contributed by atoms with van der Waals surface area (Å²) in [6.45, 7) is 6.12. The molecule has 1 aliphatic rings. The van der Waals surface area contributed by atoms with Crippen LogP contribution in [0.3, 0.4) is 0 Å². The van der Waals surface area contributed by atoms with E-state index in [2.05, 4.69) is 10.4 Å². The molecule has 2 heterocycles. The zero-order chi connectivity index (χ0) is 24.2. The second-order valence-electron chi connectivity index (χ2n) is 8.33. The Morgan fingerprint density at radius 2 is 1.59 bits per heavy atom. The van der Waals surface area contributed by atoms with Crippen LogP contribution in [0.4, 0.5) is 10.1 Å². The molecule has 2 aromatic carbocycles. The highest BCUT2D eigenvalue weighted by Gasteiger charge is 2.25. The fourth-order valence-electron chi connectivity index (χ4n) is 3.96. The minimum absolute atomic E-state index is 0.0924. The molecule has 0 saturated carbocycles. The molecule has 1 fully saturated rings. The van der Waals surface area contributed by atoms with E-state index in [4.69, 9.17) is 0 Å². The Bertz CT molecular complexity index is 1240. The number of halogens is 1. The average molecular weight is 464 g/mol. The number of hydrogen-bond acceptors (Lipinski definition) is 5. The molecule has 34 heavy (non-hydrogen) atoms. The summed E-state index contributed by atoms with van der Waals surface area (Å²) in [7, 11) is 0. The fraction of sp³-hybridized carbons (Fsp3) is 0.280. The van der Waals surface area contributed by atoms with Crippen molar-refractivity contribution in [2.75, 3.05) is 38.0 Å². The van der Waals surface area contributed by atoms with Crippen LogP contribution in [0.15, 0.2) is 59.4 Å². The zero-order valence-corrected chi connectivity index (χ0v) is 19.1. The van der Waals surface area contributed by atoms with E-state index in [0.717, 1.165) is 21.5 Å². The lowest BCUT2D eigenvalue weighted by Gasteiger charge is -2.34. The minimum atomic E-state index is -0.426. The first-order valence-electron chi connectivity index (χ1n) is 11.1. The number of aryl methyl sites for hydroxylation is 2. The molecule has 0 atom stereocenters. The predicted octanol–water partition coefficient (Wildman–Crippen LogP) is 2.38. The quantitative estimate of drug-likeness (QED) is 0.628. The maximum Gasteiger partial charge on any atom is 0.274 e. The van der Waals surface area contributed by atoms with Gasteiger partial charge in [-0.1, -0.05) is 18.2 Å². The van der Waals surface area contributed by atoms with Crippen molar-refractivity contribution in [2.45, 2.75) is 13.8 Å². The summed E-state index contributed by atoms with van der Waals surface area (Å²) < 4.78 is 14.3. The fourth-order valence-corrected chi connectivity index (χ4v) is 3.96. The molecule has 1 N–H and O–H groups in total. The molecule has 9 heteroatoms. The molecular weight excluding hydrogens is 437 g/mol. The van der Waals surface area contributed by atoms with E-state index >= 15 is 0 Å². The Balaban J connectivity index is 1.36. The number of nitrogens with zero attached hydrogens (tertiary/aromatic N) is 4. The third-order valence-corrected chi connectivity index (χ3v) is 5.86. The molecule has 1 saturated heterocycles. The van der Waals surface area contributed by atoms with Crippen LogP contribution in [0, 0.1) is 19.7 Å². The Kier molecular flexibility index (Phi) is 6.83. The maximum atomic E-state index is 13.2. The molecule has 3 aromatic rings. The highest BCUT2D eigenvalue weighted by atomic mass is 19.1. The number of rotatable bonds is 5. The van der Waals surface area contributed by atoms with Crippen LogP contribution in [0.25, 0.3) is 5.69 Å². The smallest absolute Gasteiger partial charge is 0.274 e. The van der Waals surface area contributed by atoms with Gasteiger partial charge in [-0.05, 0) is 55.3 Å². The lowest BCUT2D eigenvalue weighted by Crippen LogP contribution is -2.50. The summed E-state index contributed by atoms with van der Waals surface area (Å²) in [5.41, 5.74) is 2.95. The molecule has 0 aliphatic carbocycles. The Morgan fingerprint density at radius 1 is 0.941 bits per heavy atom. The minimum Gasteiger partial charge on any atom is -0.335 e. The van der Waals surface area contributed by atoms with Gasteiger partial charge in [-0.3, -0.25) is 19.3 Å². The van der Waals surface area contributed by atoms with E-state index in [9.17, 15) is 18.8 Å². The predicted molar refractivity (Wildman–Crippen MR) is 127 cm³/mol. The number of carbonyl (C=O) groups is 2. The van der Waals surface area contributed by atoms with Gasteiger partial charge in [0.25, 0.3) is 11.5 Å². The zero-order valence-electron chi connectivity index (χ0n) is 19.1.